The molecule has 14 heavy (non-hydrogen) atoms. The van der Waals surface area contributed by atoms with E-state index in [1.807, 2.05) is 6.92 Å². The molecule has 0 atom stereocenters. The fourth-order valence-corrected chi connectivity index (χ4v) is 1.16. The number of halogens is 1. The lowest BCUT2D eigenvalue weighted by molar-refractivity contribution is 0.0996. The largest absolute Gasteiger partial charge is 0.370 e. The maximum atomic E-state index is 10.9. The van der Waals surface area contributed by atoms with Gasteiger partial charge in [-0.25, -0.2) is 4.98 Å². The predicted octanol–water partition coefficient (Wildman–Crippen LogP) is 1.66. The van der Waals surface area contributed by atoms with Crippen LogP contribution in [0, 0.1) is 0 Å². The first kappa shape index (κ1) is 10.8. The molecule has 0 unspecified atom stereocenters. The highest BCUT2D eigenvalue weighted by Gasteiger charge is 2.08. The van der Waals surface area contributed by atoms with E-state index < -0.39 is 5.91 Å². The molecule has 0 bridgehead atoms. The van der Waals surface area contributed by atoms with Crippen LogP contribution in [0.25, 0.3) is 0 Å². The van der Waals surface area contributed by atoms with E-state index in [0.717, 1.165) is 13.0 Å². The summed E-state index contributed by atoms with van der Waals surface area (Å²) >= 11 is 5.73. The average molecular weight is 214 g/mol. The molecule has 0 fully saturated rings. The minimum Gasteiger partial charge on any atom is -0.370 e. The number of pyridine rings is 1. The van der Waals surface area contributed by atoms with Gasteiger partial charge in [-0.3, -0.25) is 4.79 Å². The lowest BCUT2D eigenvalue weighted by atomic mass is 10.3. The van der Waals surface area contributed by atoms with Crippen molar-refractivity contribution >= 4 is 23.3 Å². The van der Waals surface area contributed by atoms with Gasteiger partial charge < -0.3 is 11.1 Å². The van der Waals surface area contributed by atoms with E-state index in [-0.39, 0.29) is 10.7 Å². The Morgan fingerprint density at radius 2 is 2.36 bits per heavy atom. The Bertz CT molecular complexity index is 341. The number of nitrogens with two attached hydrogens (primary N) is 1. The number of hydrogen-bond acceptors (Lipinski definition) is 3. The van der Waals surface area contributed by atoms with Gasteiger partial charge in [-0.15, -0.1) is 0 Å². The summed E-state index contributed by atoms with van der Waals surface area (Å²) in [7, 11) is 0. The third-order valence-electron chi connectivity index (χ3n) is 1.64. The molecule has 0 radical (unpaired) electrons. The summed E-state index contributed by atoms with van der Waals surface area (Å²) in [6.45, 7) is 2.84. The number of carbonyl (C=O) groups is 1. The first-order chi connectivity index (χ1) is 6.65. The van der Waals surface area contributed by atoms with Crippen LogP contribution in [0.5, 0.6) is 0 Å². The molecule has 0 saturated heterocycles. The van der Waals surface area contributed by atoms with Crippen molar-refractivity contribution in [1.29, 1.82) is 0 Å². The first-order valence-corrected chi connectivity index (χ1v) is 4.73. The van der Waals surface area contributed by atoms with Gasteiger partial charge in [-0.05, 0) is 18.6 Å². The summed E-state index contributed by atoms with van der Waals surface area (Å²) in [6.07, 6.45) is 0.982. The second-order valence-electron chi connectivity index (χ2n) is 2.82. The van der Waals surface area contributed by atoms with E-state index in [2.05, 4.69) is 10.3 Å². The molecule has 1 aromatic heterocycles. The highest BCUT2D eigenvalue weighted by molar-refractivity contribution is 6.33. The number of amides is 1. The molecule has 1 heterocycles. The topological polar surface area (TPSA) is 68.0 Å². The number of hydrogen-bond donors (Lipinski definition) is 2. The number of anilines is 1. The van der Waals surface area contributed by atoms with Gasteiger partial charge in [0.2, 0.25) is 0 Å². The summed E-state index contributed by atoms with van der Waals surface area (Å²) in [6, 6.07) is 3.32. The van der Waals surface area contributed by atoms with Crippen LogP contribution in [0.2, 0.25) is 5.02 Å². The normalized spacial score (nSPS) is 9.86. The molecule has 5 heteroatoms. The van der Waals surface area contributed by atoms with Gasteiger partial charge in [0.05, 0.1) is 5.02 Å². The zero-order valence-electron chi connectivity index (χ0n) is 7.88. The van der Waals surface area contributed by atoms with Crippen molar-refractivity contribution < 1.29 is 4.79 Å². The Hall–Kier alpha value is -1.29. The van der Waals surface area contributed by atoms with Crippen LogP contribution in [0.3, 0.4) is 0 Å². The van der Waals surface area contributed by atoms with E-state index in [4.69, 9.17) is 17.3 Å². The Morgan fingerprint density at radius 3 is 2.93 bits per heavy atom. The summed E-state index contributed by atoms with van der Waals surface area (Å²) in [5, 5.41) is 3.32. The zero-order chi connectivity index (χ0) is 10.6. The lowest BCUT2D eigenvalue weighted by Gasteiger charge is -2.05. The monoisotopic (exact) mass is 213 g/mol. The van der Waals surface area contributed by atoms with Crippen molar-refractivity contribution in [3.05, 3.63) is 22.8 Å². The summed E-state index contributed by atoms with van der Waals surface area (Å²) in [4.78, 5) is 14.9. The number of primary amides is 1. The van der Waals surface area contributed by atoms with Crippen LogP contribution in [0.4, 0.5) is 5.82 Å². The smallest absolute Gasteiger partial charge is 0.268 e. The minimum absolute atomic E-state index is 0.104. The van der Waals surface area contributed by atoms with Crippen molar-refractivity contribution in [3.63, 3.8) is 0 Å². The standard InChI is InChI=1S/C9H12ClN3O/c1-2-5-12-7-4-3-6(10)8(13-7)9(11)14/h3-4H,2,5H2,1H3,(H2,11,14)(H,12,13). The molecule has 1 aromatic rings. The van der Waals surface area contributed by atoms with Crippen LogP contribution >= 0.6 is 11.6 Å². The average Bonchev–Trinajstić information content (AvgIpc) is 2.16. The SMILES string of the molecule is CCCNc1ccc(Cl)c(C(N)=O)n1. The molecule has 0 aliphatic carbocycles. The van der Waals surface area contributed by atoms with Crippen molar-refractivity contribution in [3.8, 4) is 0 Å². The van der Waals surface area contributed by atoms with Crippen molar-refractivity contribution in [2.45, 2.75) is 13.3 Å². The maximum Gasteiger partial charge on any atom is 0.268 e. The van der Waals surface area contributed by atoms with E-state index in [1.54, 1.807) is 12.1 Å². The second kappa shape index (κ2) is 4.81. The molecule has 4 nitrogen and oxygen atoms in total. The lowest BCUT2D eigenvalue weighted by Crippen LogP contribution is -2.15. The Labute approximate surface area is 87.5 Å². The van der Waals surface area contributed by atoms with Crippen LogP contribution in [-0.4, -0.2) is 17.4 Å². The van der Waals surface area contributed by atoms with Gasteiger partial charge in [0.15, 0.2) is 0 Å². The quantitative estimate of drug-likeness (QED) is 0.799. The van der Waals surface area contributed by atoms with E-state index in [0.29, 0.717) is 5.82 Å². The first-order valence-electron chi connectivity index (χ1n) is 4.35. The molecule has 76 valence electrons. The van der Waals surface area contributed by atoms with Crippen LogP contribution in [0.1, 0.15) is 23.8 Å². The fourth-order valence-electron chi connectivity index (χ4n) is 0.966. The molecule has 1 rings (SSSR count). The van der Waals surface area contributed by atoms with Gasteiger partial charge >= 0.3 is 0 Å². The Morgan fingerprint density at radius 1 is 1.64 bits per heavy atom. The minimum atomic E-state index is -0.616. The number of aromatic nitrogens is 1. The fraction of sp³-hybridized carbons (Fsp3) is 0.333. The highest BCUT2D eigenvalue weighted by atomic mass is 35.5. The Balaban J connectivity index is 2.89. The van der Waals surface area contributed by atoms with E-state index in [9.17, 15) is 4.79 Å². The van der Waals surface area contributed by atoms with Gasteiger partial charge in [0, 0.05) is 6.54 Å². The zero-order valence-corrected chi connectivity index (χ0v) is 8.64. The number of rotatable bonds is 4. The third-order valence-corrected chi connectivity index (χ3v) is 1.94. The van der Waals surface area contributed by atoms with Crippen molar-refractivity contribution in [2.24, 2.45) is 5.73 Å². The van der Waals surface area contributed by atoms with Crippen molar-refractivity contribution in [2.75, 3.05) is 11.9 Å². The molecule has 3 N–H and O–H groups in total. The third kappa shape index (κ3) is 2.60. The van der Waals surface area contributed by atoms with Gasteiger partial charge in [-0.2, -0.15) is 0 Å². The molecular formula is C9H12ClN3O. The molecule has 0 aliphatic rings. The van der Waals surface area contributed by atoms with E-state index >= 15 is 0 Å². The summed E-state index contributed by atoms with van der Waals surface area (Å²) in [5.74, 6) is 0.000184. The Kier molecular flexibility index (Phi) is 3.71. The molecule has 0 aromatic carbocycles. The van der Waals surface area contributed by atoms with Crippen LogP contribution in [-0.2, 0) is 0 Å². The van der Waals surface area contributed by atoms with Crippen LogP contribution < -0.4 is 11.1 Å². The number of carbonyl (C=O) groups excluding carboxylic acids is 1. The maximum absolute atomic E-state index is 10.9. The predicted molar refractivity (Wildman–Crippen MR) is 56.5 cm³/mol. The molecule has 0 spiro atoms. The van der Waals surface area contributed by atoms with Gasteiger partial charge in [0.1, 0.15) is 11.5 Å². The number of nitrogens with one attached hydrogen (secondary N) is 1. The van der Waals surface area contributed by atoms with Gasteiger partial charge in [0.25, 0.3) is 5.91 Å². The summed E-state index contributed by atoms with van der Waals surface area (Å²) in [5.41, 5.74) is 5.20. The molecular weight excluding hydrogens is 202 g/mol. The van der Waals surface area contributed by atoms with Crippen LogP contribution in [0.15, 0.2) is 12.1 Å². The van der Waals surface area contributed by atoms with E-state index in [1.165, 1.54) is 0 Å². The van der Waals surface area contributed by atoms with Crippen molar-refractivity contribution in [1.82, 2.24) is 4.98 Å². The van der Waals surface area contributed by atoms with Gasteiger partial charge in [-0.1, -0.05) is 18.5 Å². The molecule has 0 aliphatic heterocycles. The highest BCUT2D eigenvalue weighted by Crippen LogP contribution is 2.15. The summed E-state index contributed by atoms with van der Waals surface area (Å²) < 4.78 is 0. The second-order valence-corrected chi connectivity index (χ2v) is 3.23. The molecule has 1 amide bonds. The number of nitrogens with zero attached hydrogens (tertiary/aromatic N) is 1. The molecule has 0 saturated carbocycles.